The predicted molar refractivity (Wildman–Crippen MR) is 151 cm³/mol. The topological polar surface area (TPSA) is 190 Å². The van der Waals surface area contributed by atoms with E-state index in [9.17, 15) is 44.7 Å². The number of hydrogen-bond donors (Lipinski definition) is 0. The van der Waals surface area contributed by atoms with Crippen molar-refractivity contribution in [3.8, 4) is 0 Å². The molecule has 1 aliphatic heterocycles. The Morgan fingerprint density at radius 1 is 0.476 bits per heavy atom. The molecule has 216 valence electrons. The van der Waals surface area contributed by atoms with Gasteiger partial charge in [0.05, 0.1) is 31.8 Å². The van der Waals surface area contributed by atoms with Crippen LogP contribution in [0.5, 0.6) is 0 Å². The fourth-order valence-corrected chi connectivity index (χ4v) is 4.74. The number of rotatable bonds is 6. The number of amides is 3. The van der Waals surface area contributed by atoms with Gasteiger partial charge in [-0.2, -0.15) is 0 Å². The molecular weight excluding hydrogens is 552 g/mol. The van der Waals surface area contributed by atoms with E-state index in [4.69, 9.17) is 0 Å². The van der Waals surface area contributed by atoms with Gasteiger partial charge in [0.1, 0.15) is 0 Å². The molecule has 0 saturated carbocycles. The van der Waals surface area contributed by atoms with Gasteiger partial charge in [-0.05, 0) is 39.0 Å². The van der Waals surface area contributed by atoms with E-state index < -0.39 is 49.6 Å². The molecule has 4 rings (SSSR count). The number of fused-ring (bicyclic) bond motifs is 6. The highest BCUT2D eigenvalue weighted by Gasteiger charge is 2.29. The molecule has 0 saturated heterocycles. The second kappa shape index (κ2) is 11.4. The van der Waals surface area contributed by atoms with Crippen molar-refractivity contribution < 1.29 is 29.2 Å². The summed E-state index contributed by atoms with van der Waals surface area (Å²) in [5, 5.41) is 35.4. The molecule has 0 radical (unpaired) electrons. The average Bonchev–Trinajstić information content (AvgIpc) is 2.97. The Balaban J connectivity index is 2.12. The lowest BCUT2D eigenvalue weighted by atomic mass is 10.1. The lowest BCUT2D eigenvalue weighted by Crippen LogP contribution is -2.33. The third-order valence-corrected chi connectivity index (χ3v) is 6.70. The van der Waals surface area contributed by atoms with Gasteiger partial charge in [-0.25, -0.2) is 0 Å². The van der Waals surface area contributed by atoms with Crippen molar-refractivity contribution in [3.63, 3.8) is 0 Å². The molecule has 0 atom stereocenters. The minimum absolute atomic E-state index is 0.0258. The summed E-state index contributed by atoms with van der Waals surface area (Å²) < 4.78 is 0. The Bertz CT molecular complexity index is 1480. The quantitative estimate of drug-likeness (QED) is 0.295. The Hall–Kier alpha value is -5.73. The summed E-state index contributed by atoms with van der Waals surface area (Å²) in [4.78, 5) is 77.8. The number of hydrogen-bond acceptors (Lipinski definition) is 9. The molecule has 3 aromatic rings. The zero-order valence-electron chi connectivity index (χ0n) is 22.7. The maximum absolute atomic E-state index is 13.7. The molecule has 0 fully saturated rings. The maximum Gasteiger partial charge on any atom is 0.272 e. The van der Waals surface area contributed by atoms with Crippen LogP contribution in [-0.2, 0) is 0 Å². The fourth-order valence-electron chi connectivity index (χ4n) is 4.74. The van der Waals surface area contributed by atoms with Crippen molar-refractivity contribution in [1.29, 1.82) is 0 Å². The number of nitrogens with zero attached hydrogens (tertiary/aromatic N) is 6. The Morgan fingerprint density at radius 3 is 0.905 bits per heavy atom. The van der Waals surface area contributed by atoms with E-state index in [0.29, 0.717) is 0 Å². The monoisotopic (exact) mass is 576 g/mol. The number of nitro benzene ring substituents is 3. The molecule has 6 bridgehead atoms. The molecule has 0 N–H and O–H groups in total. The summed E-state index contributed by atoms with van der Waals surface area (Å²) in [7, 11) is 0. The van der Waals surface area contributed by atoms with E-state index in [1.807, 2.05) is 0 Å². The SMILES string of the molecule is CCN1C(=O)c2cc(cc([N+](=O)[O-])c2)N(CC)C(=O)c2cc(cc([N+](=O)[O-])c2)N(CC)C(=O)c2cc1cc([N+](=O)[O-])c2. The lowest BCUT2D eigenvalue weighted by Gasteiger charge is -2.24. The third kappa shape index (κ3) is 5.34. The summed E-state index contributed by atoms with van der Waals surface area (Å²) in [6, 6.07) is 10.1. The summed E-state index contributed by atoms with van der Waals surface area (Å²) in [6.07, 6.45) is 0. The van der Waals surface area contributed by atoms with E-state index in [0.717, 1.165) is 51.1 Å². The van der Waals surface area contributed by atoms with Crippen LogP contribution in [0.15, 0.2) is 54.6 Å². The highest BCUT2D eigenvalue weighted by Crippen LogP contribution is 2.33. The molecule has 3 aromatic carbocycles. The van der Waals surface area contributed by atoms with Gasteiger partial charge in [-0.1, -0.05) is 0 Å². The second-order valence-corrected chi connectivity index (χ2v) is 9.13. The first kappa shape index (κ1) is 29.3. The molecule has 15 nitrogen and oxygen atoms in total. The smallest absolute Gasteiger partial charge is 0.272 e. The van der Waals surface area contributed by atoms with Crippen LogP contribution in [-0.4, -0.2) is 52.1 Å². The van der Waals surface area contributed by atoms with Crippen molar-refractivity contribution >= 4 is 51.8 Å². The number of nitro groups is 3. The van der Waals surface area contributed by atoms with Crippen molar-refractivity contribution in [2.24, 2.45) is 0 Å². The first-order chi connectivity index (χ1) is 19.9. The van der Waals surface area contributed by atoms with Crippen LogP contribution in [0.3, 0.4) is 0 Å². The van der Waals surface area contributed by atoms with Gasteiger partial charge in [-0.15, -0.1) is 0 Å². The summed E-state index contributed by atoms with van der Waals surface area (Å²) in [5.41, 5.74) is -2.19. The maximum atomic E-state index is 13.7. The third-order valence-electron chi connectivity index (χ3n) is 6.70. The number of carbonyl (C=O) groups excluding carboxylic acids is 3. The van der Waals surface area contributed by atoms with Gasteiger partial charge >= 0.3 is 0 Å². The largest absolute Gasteiger partial charge is 0.308 e. The van der Waals surface area contributed by atoms with E-state index in [1.54, 1.807) is 20.8 Å². The molecule has 0 spiro atoms. The Morgan fingerprint density at radius 2 is 0.714 bits per heavy atom. The van der Waals surface area contributed by atoms with E-state index >= 15 is 0 Å². The van der Waals surface area contributed by atoms with Crippen LogP contribution in [0.4, 0.5) is 34.1 Å². The minimum atomic E-state index is -0.775. The summed E-state index contributed by atoms with van der Waals surface area (Å²) in [5.74, 6) is -2.32. The molecule has 0 unspecified atom stereocenters. The van der Waals surface area contributed by atoms with Gasteiger partial charge in [0.2, 0.25) is 0 Å². The molecule has 0 aliphatic carbocycles. The normalized spacial score (nSPS) is 13.5. The summed E-state index contributed by atoms with van der Waals surface area (Å²) >= 11 is 0. The first-order valence-electron chi connectivity index (χ1n) is 12.7. The molecular formula is C27H24N6O9. The minimum Gasteiger partial charge on any atom is -0.308 e. The Labute approximate surface area is 238 Å². The Kier molecular flexibility index (Phi) is 7.94. The van der Waals surface area contributed by atoms with Crippen molar-refractivity contribution in [2.45, 2.75) is 20.8 Å². The molecule has 3 amide bonds. The zero-order valence-corrected chi connectivity index (χ0v) is 22.7. The molecule has 42 heavy (non-hydrogen) atoms. The van der Waals surface area contributed by atoms with Crippen molar-refractivity contribution in [1.82, 2.24) is 0 Å². The van der Waals surface area contributed by atoms with Crippen LogP contribution >= 0.6 is 0 Å². The number of non-ortho nitro benzene ring substituents is 3. The van der Waals surface area contributed by atoms with Crippen molar-refractivity contribution in [2.75, 3.05) is 34.3 Å². The van der Waals surface area contributed by atoms with E-state index in [1.165, 1.54) is 18.2 Å². The average molecular weight is 577 g/mol. The van der Waals surface area contributed by atoms with Crippen LogP contribution in [0.1, 0.15) is 51.8 Å². The van der Waals surface area contributed by atoms with Crippen LogP contribution < -0.4 is 14.7 Å². The van der Waals surface area contributed by atoms with Crippen molar-refractivity contribution in [3.05, 3.63) is 102 Å². The lowest BCUT2D eigenvalue weighted by molar-refractivity contribution is -0.385. The van der Waals surface area contributed by atoms with E-state index in [-0.39, 0.29) is 53.4 Å². The predicted octanol–water partition coefficient (Wildman–Crippen LogP) is 4.72. The molecule has 0 aromatic heterocycles. The number of benzene rings is 3. The first-order valence-corrected chi connectivity index (χ1v) is 12.7. The van der Waals surface area contributed by atoms with Gasteiger partial charge in [-0.3, -0.25) is 44.7 Å². The molecule has 1 aliphatic rings. The zero-order chi connectivity index (χ0) is 30.9. The van der Waals surface area contributed by atoms with Crippen LogP contribution in [0, 0.1) is 30.3 Å². The highest BCUT2D eigenvalue weighted by molar-refractivity contribution is 6.13. The highest BCUT2D eigenvalue weighted by atomic mass is 16.6. The van der Waals surface area contributed by atoms with E-state index in [2.05, 4.69) is 0 Å². The van der Waals surface area contributed by atoms with Gasteiger partial charge in [0.25, 0.3) is 34.8 Å². The van der Waals surface area contributed by atoms with Crippen LogP contribution in [0.2, 0.25) is 0 Å². The standard InChI is InChI=1S/C27H24N6O9/c1-4-28-19-7-17(11-22(13-19)31(37)38)26(35)30(6-3)21-9-18(12-24(15-21)33(41)42)27(36)29(5-2)20-8-16(25(28)34)10-23(14-20)32(39)40/h7-15H,4-6H2,1-3H3. The summed E-state index contributed by atoms with van der Waals surface area (Å²) in [6.45, 7) is 4.63. The van der Waals surface area contributed by atoms with Gasteiger partial charge < -0.3 is 14.7 Å². The number of carbonyl (C=O) groups is 3. The molecule has 15 heteroatoms. The van der Waals surface area contributed by atoms with Gasteiger partial charge in [0, 0.05) is 72.7 Å². The number of anilines is 3. The molecule has 1 heterocycles. The fraction of sp³-hybridized carbons (Fsp3) is 0.222. The second-order valence-electron chi connectivity index (χ2n) is 9.13. The van der Waals surface area contributed by atoms with Gasteiger partial charge in [0.15, 0.2) is 0 Å². The van der Waals surface area contributed by atoms with Crippen LogP contribution in [0.25, 0.3) is 0 Å².